The van der Waals surface area contributed by atoms with Crippen molar-refractivity contribution in [1.29, 1.82) is 5.26 Å². The Bertz CT molecular complexity index is 874. The molecule has 1 aliphatic carbocycles. The highest BCUT2D eigenvalue weighted by Gasteiger charge is 2.49. The minimum absolute atomic E-state index is 0.115. The first-order valence-corrected chi connectivity index (χ1v) is 8.84. The number of anilines is 1. The lowest BCUT2D eigenvalue weighted by atomic mass is 9.81. The van der Waals surface area contributed by atoms with E-state index in [1.165, 1.54) is 4.90 Å². The van der Waals surface area contributed by atoms with Gasteiger partial charge in [-0.2, -0.15) is 5.26 Å². The van der Waals surface area contributed by atoms with Crippen LogP contribution in [0.1, 0.15) is 31.2 Å². The van der Waals surface area contributed by atoms with E-state index in [0.717, 1.165) is 25.7 Å². The van der Waals surface area contributed by atoms with Gasteiger partial charge in [-0.1, -0.05) is 25.0 Å². The van der Waals surface area contributed by atoms with Crippen molar-refractivity contribution in [3.8, 4) is 17.6 Å². The van der Waals surface area contributed by atoms with Crippen molar-refractivity contribution in [2.75, 3.05) is 4.90 Å². The Morgan fingerprint density at radius 1 is 0.923 bits per heavy atom. The number of carbonyl (C=O) groups is 2. The zero-order valence-corrected chi connectivity index (χ0v) is 14.2. The number of imide groups is 1. The van der Waals surface area contributed by atoms with Crippen LogP contribution in [0.5, 0.6) is 11.5 Å². The summed E-state index contributed by atoms with van der Waals surface area (Å²) < 4.78 is 5.92. The van der Waals surface area contributed by atoms with E-state index >= 15 is 0 Å². The number of carbonyl (C=O) groups excluding carboxylic acids is 2. The summed E-state index contributed by atoms with van der Waals surface area (Å²) in [6.07, 6.45) is 3.56. The molecule has 2 aromatic rings. The Kier molecular flexibility index (Phi) is 4.18. The number of ether oxygens (including phenoxy) is 1. The molecule has 2 amide bonds. The van der Waals surface area contributed by atoms with E-state index in [-0.39, 0.29) is 23.7 Å². The fourth-order valence-corrected chi connectivity index (χ4v) is 3.85. The molecule has 0 bridgehead atoms. The lowest BCUT2D eigenvalue weighted by Gasteiger charge is -2.19. The Morgan fingerprint density at radius 2 is 1.54 bits per heavy atom. The van der Waals surface area contributed by atoms with Crippen LogP contribution >= 0.6 is 0 Å². The first-order valence-electron chi connectivity index (χ1n) is 8.84. The van der Waals surface area contributed by atoms with Gasteiger partial charge < -0.3 is 4.74 Å². The summed E-state index contributed by atoms with van der Waals surface area (Å²) in [6, 6.07) is 15.9. The molecule has 0 radical (unpaired) electrons. The summed E-state index contributed by atoms with van der Waals surface area (Å²) in [5.41, 5.74) is 1.03. The van der Waals surface area contributed by atoms with Gasteiger partial charge in [-0.3, -0.25) is 9.59 Å². The van der Waals surface area contributed by atoms with Gasteiger partial charge in [-0.15, -0.1) is 0 Å². The van der Waals surface area contributed by atoms with E-state index in [9.17, 15) is 9.59 Å². The number of hydrogen-bond donors (Lipinski definition) is 0. The second-order valence-corrected chi connectivity index (χ2v) is 6.72. The number of rotatable bonds is 3. The van der Waals surface area contributed by atoms with E-state index in [2.05, 4.69) is 6.07 Å². The number of para-hydroxylation sites is 2. The Labute approximate surface area is 151 Å². The first-order chi connectivity index (χ1) is 12.7. The van der Waals surface area contributed by atoms with Crippen LogP contribution in [0.2, 0.25) is 0 Å². The molecule has 2 fully saturated rings. The summed E-state index contributed by atoms with van der Waals surface area (Å²) in [7, 11) is 0. The molecule has 2 aliphatic rings. The SMILES string of the molecule is N#Cc1ccc(Oc2ccccc2N2C(=O)[C@@H]3CCCC[C@H]3C2=O)cc1. The maximum Gasteiger partial charge on any atom is 0.237 e. The van der Waals surface area contributed by atoms with Crippen molar-refractivity contribution in [2.45, 2.75) is 25.7 Å². The molecule has 5 heteroatoms. The van der Waals surface area contributed by atoms with Gasteiger partial charge in [0.05, 0.1) is 29.2 Å². The van der Waals surface area contributed by atoms with Crippen LogP contribution in [0.25, 0.3) is 0 Å². The third-order valence-electron chi connectivity index (χ3n) is 5.16. The average molecular weight is 346 g/mol. The fraction of sp³-hybridized carbons (Fsp3) is 0.286. The molecule has 0 spiro atoms. The van der Waals surface area contributed by atoms with Crippen molar-refractivity contribution in [3.63, 3.8) is 0 Å². The van der Waals surface area contributed by atoms with Crippen molar-refractivity contribution < 1.29 is 14.3 Å². The molecule has 1 saturated heterocycles. The minimum atomic E-state index is -0.195. The Morgan fingerprint density at radius 3 is 2.15 bits per heavy atom. The molecule has 2 aromatic carbocycles. The van der Waals surface area contributed by atoms with Crippen molar-refractivity contribution in [2.24, 2.45) is 11.8 Å². The number of nitrogens with zero attached hydrogens (tertiary/aromatic N) is 2. The van der Waals surface area contributed by atoms with Crippen molar-refractivity contribution >= 4 is 17.5 Å². The van der Waals surface area contributed by atoms with Crippen LogP contribution < -0.4 is 9.64 Å². The van der Waals surface area contributed by atoms with Gasteiger partial charge in [0, 0.05) is 0 Å². The smallest absolute Gasteiger partial charge is 0.237 e. The molecule has 130 valence electrons. The van der Waals surface area contributed by atoms with Gasteiger partial charge in [0.25, 0.3) is 0 Å². The molecule has 1 heterocycles. The quantitative estimate of drug-likeness (QED) is 0.787. The third kappa shape index (κ3) is 2.74. The molecule has 26 heavy (non-hydrogen) atoms. The summed E-state index contributed by atoms with van der Waals surface area (Å²) in [4.78, 5) is 27.0. The summed E-state index contributed by atoms with van der Waals surface area (Å²) in [5, 5.41) is 8.89. The van der Waals surface area contributed by atoms with Crippen LogP contribution in [0.15, 0.2) is 48.5 Å². The molecule has 1 aliphatic heterocycles. The molecule has 5 nitrogen and oxygen atoms in total. The minimum Gasteiger partial charge on any atom is -0.455 e. The predicted molar refractivity (Wildman–Crippen MR) is 95.6 cm³/mol. The highest BCUT2D eigenvalue weighted by Crippen LogP contribution is 2.43. The van der Waals surface area contributed by atoms with Crippen LogP contribution in [0.4, 0.5) is 5.69 Å². The summed E-state index contributed by atoms with van der Waals surface area (Å²) in [6.45, 7) is 0. The Hall–Kier alpha value is -3.13. The topological polar surface area (TPSA) is 70.4 Å². The number of benzene rings is 2. The molecule has 0 aromatic heterocycles. The molecular formula is C21H18N2O3. The van der Waals surface area contributed by atoms with Gasteiger partial charge in [0.2, 0.25) is 11.8 Å². The van der Waals surface area contributed by atoms with E-state index in [1.54, 1.807) is 48.5 Å². The molecule has 2 atom stereocenters. The molecular weight excluding hydrogens is 328 g/mol. The average Bonchev–Trinajstić information content (AvgIpc) is 2.94. The zero-order valence-electron chi connectivity index (χ0n) is 14.2. The number of hydrogen-bond acceptors (Lipinski definition) is 4. The zero-order chi connectivity index (χ0) is 18.1. The second kappa shape index (κ2) is 6.64. The molecule has 0 N–H and O–H groups in total. The fourth-order valence-electron chi connectivity index (χ4n) is 3.85. The summed E-state index contributed by atoms with van der Waals surface area (Å²) >= 11 is 0. The monoisotopic (exact) mass is 346 g/mol. The van der Waals surface area contributed by atoms with Crippen LogP contribution in [-0.2, 0) is 9.59 Å². The third-order valence-corrected chi connectivity index (χ3v) is 5.16. The molecule has 4 rings (SSSR count). The van der Waals surface area contributed by atoms with Crippen LogP contribution in [0, 0.1) is 23.2 Å². The van der Waals surface area contributed by atoms with Gasteiger partial charge in [0.15, 0.2) is 5.75 Å². The van der Waals surface area contributed by atoms with E-state index in [4.69, 9.17) is 10.00 Å². The highest BCUT2D eigenvalue weighted by molar-refractivity contribution is 6.22. The Balaban J connectivity index is 1.66. The maximum absolute atomic E-state index is 12.9. The molecule has 1 saturated carbocycles. The van der Waals surface area contributed by atoms with Crippen LogP contribution in [0.3, 0.4) is 0 Å². The summed E-state index contributed by atoms with van der Waals surface area (Å²) in [5.74, 6) is 0.384. The predicted octanol–water partition coefficient (Wildman–Crippen LogP) is 4.03. The van der Waals surface area contributed by atoms with Crippen molar-refractivity contribution in [3.05, 3.63) is 54.1 Å². The number of fused-ring (bicyclic) bond motifs is 1. The van der Waals surface area contributed by atoms with Gasteiger partial charge in [-0.25, -0.2) is 4.90 Å². The van der Waals surface area contributed by atoms with E-state index in [0.29, 0.717) is 22.7 Å². The van der Waals surface area contributed by atoms with Crippen LogP contribution in [-0.4, -0.2) is 11.8 Å². The number of nitriles is 1. The maximum atomic E-state index is 12.9. The second-order valence-electron chi connectivity index (χ2n) is 6.72. The number of amides is 2. The molecule has 0 unspecified atom stereocenters. The lowest BCUT2D eigenvalue weighted by Crippen LogP contribution is -2.31. The normalized spacial score (nSPS) is 22.0. The lowest BCUT2D eigenvalue weighted by molar-refractivity contribution is -0.122. The first kappa shape index (κ1) is 16.3. The van der Waals surface area contributed by atoms with Gasteiger partial charge in [0.1, 0.15) is 5.75 Å². The largest absolute Gasteiger partial charge is 0.455 e. The van der Waals surface area contributed by atoms with Gasteiger partial charge >= 0.3 is 0 Å². The van der Waals surface area contributed by atoms with E-state index < -0.39 is 0 Å². The van der Waals surface area contributed by atoms with Crippen molar-refractivity contribution in [1.82, 2.24) is 0 Å². The highest BCUT2D eigenvalue weighted by atomic mass is 16.5. The van der Waals surface area contributed by atoms with Gasteiger partial charge in [-0.05, 0) is 49.2 Å². The standard InChI is InChI=1S/C21H18N2O3/c22-13-14-9-11-15(12-10-14)26-19-8-4-3-7-18(19)23-20(24)16-5-1-2-6-17(16)21(23)25/h3-4,7-12,16-17H,1-2,5-6H2/t16-,17-/m1/s1. The van der Waals surface area contributed by atoms with E-state index in [1.807, 2.05) is 0 Å².